The van der Waals surface area contributed by atoms with E-state index in [1.165, 1.54) is 0 Å². The van der Waals surface area contributed by atoms with Crippen molar-refractivity contribution in [2.75, 3.05) is 7.05 Å². The lowest BCUT2D eigenvalue weighted by Gasteiger charge is -2.19. The van der Waals surface area contributed by atoms with E-state index in [9.17, 15) is 4.79 Å². The lowest BCUT2D eigenvalue weighted by atomic mass is 10.0. The molecule has 0 heterocycles. The Bertz CT molecular complexity index is 98.0. The number of Topliss-reactive ketones (excluding diaryl/α,β-unsaturated/α-hetero) is 1. The molecule has 0 saturated heterocycles. The molecule has 0 unspecified atom stereocenters. The molecule has 0 rings (SSSR count). The van der Waals surface area contributed by atoms with Gasteiger partial charge in [0.25, 0.3) is 0 Å². The lowest BCUT2D eigenvalue weighted by Crippen LogP contribution is -2.42. The molecule has 12 heavy (non-hydrogen) atoms. The molecule has 0 fully saturated rings. The Balaban J connectivity index is -0.000000175. The van der Waals surface area contributed by atoms with E-state index in [0.29, 0.717) is 0 Å². The first-order chi connectivity index (χ1) is 5.50. The van der Waals surface area contributed by atoms with Gasteiger partial charge < -0.3 is 5.32 Å². The summed E-state index contributed by atoms with van der Waals surface area (Å²) in [4.78, 5) is 10.6. The molecule has 0 aromatic heterocycles. The molecule has 0 aromatic carbocycles. The molecule has 0 radical (unpaired) electrons. The Labute approximate surface area is 77.7 Å². The van der Waals surface area contributed by atoms with Crippen LogP contribution in [0.25, 0.3) is 0 Å². The van der Waals surface area contributed by atoms with Crippen molar-refractivity contribution in [2.24, 2.45) is 0 Å². The van der Waals surface area contributed by atoms with Crippen molar-refractivity contribution in [1.29, 1.82) is 0 Å². The van der Waals surface area contributed by atoms with Crippen LogP contribution < -0.4 is 5.32 Å². The molecule has 1 N–H and O–H groups in total. The van der Waals surface area contributed by atoms with Crippen molar-refractivity contribution in [3.8, 4) is 0 Å². The van der Waals surface area contributed by atoms with Gasteiger partial charge in [-0.25, -0.2) is 0 Å². The maximum atomic E-state index is 10.6. The Hall–Kier alpha value is -0.370. The fraction of sp³-hybridized carbons (Fsp3) is 0.900. The Morgan fingerprint density at radius 3 is 1.33 bits per heavy atom. The molecule has 2 heteroatoms. The Morgan fingerprint density at radius 1 is 1.08 bits per heavy atom. The minimum Gasteiger partial charge on any atom is -0.308 e. The molecule has 2 nitrogen and oxygen atoms in total. The third-order valence-electron chi connectivity index (χ3n) is 1.51. The minimum atomic E-state index is -0.347. The number of nitrogens with one attached hydrogen (secondary N) is 1. The van der Waals surface area contributed by atoms with Crippen molar-refractivity contribution in [3.05, 3.63) is 0 Å². The van der Waals surface area contributed by atoms with E-state index in [2.05, 4.69) is 5.32 Å². The predicted molar refractivity (Wildman–Crippen MR) is 56.5 cm³/mol. The summed E-state index contributed by atoms with van der Waals surface area (Å²) in [6.45, 7) is 13.3. The number of hydrogen-bond acceptors (Lipinski definition) is 2. The number of carbonyl (C=O) groups excluding carboxylic acids is 1. The highest BCUT2D eigenvalue weighted by atomic mass is 16.1. The van der Waals surface area contributed by atoms with Gasteiger partial charge in [-0.1, -0.05) is 27.7 Å². The molecular formula is C10H25NO. The van der Waals surface area contributed by atoms with E-state index in [0.717, 1.165) is 0 Å². The van der Waals surface area contributed by atoms with E-state index in [4.69, 9.17) is 0 Å². The summed E-state index contributed by atoms with van der Waals surface area (Å²) in [5.74, 6) is 0.167. The van der Waals surface area contributed by atoms with Crippen molar-refractivity contribution in [1.82, 2.24) is 5.32 Å². The van der Waals surface area contributed by atoms with Crippen molar-refractivity contribution in [2.45, 2.75) is 54.0 Å². The number of hydrogen-bond donors (Lipinski definition) is 1. The maximum absolute atomic E-state index is 10.6. The minimum absolute atomic E-state index is 0.167. The van der Waals surface area contributed by atoms with Crippen LogP contribution in [0.3, 0.4) is 0 Å². The summed E-state index contributed by atoms with van der Waals surface area (Å²) in [6.07, 6.45) is 0. The highest BCUT2D eigenvalue weighted by Crippen LogP contribution is 1.99. The zero-order chi connectivity index (χ0) is 10.8. The van der Waals surface area contributed by atoms with Crippen LogP contribution in [-0.2, 0) is 4.79 Å². The second-order valence-corrected chi connectivity index (χ2v) is 2.43. The van der Waals surface area contributed by atoms with Crippen LogP contribution in [0.15, 0.2) is 0 Å². The summed E-state index contributed by atoms with van der Waals surface area (Å²) in [5, 5.41) is 2.89. The third kappa shape index (κ3) is 9.63. The first kappa shape index (κ1) is 17.6. The zero-order valence-electron chi connectivity index (χ0n) is 9.91. The second-order valence-electron chi connectivity index (χ2n) is 2.43. The van der Waals surface area contributed by atoms with E-state index in [-0.39, 0.29) is 11.3 Å². The molecule has 0 spiro atoms. The number of ketones is 1. The van der Waals surface area contributed by atoms with Gasteiger partial charge in [-0.15, -0.1) is 0 Å². The smallest absolute Gasteiger partial charge is 0.149 e. The summed E-state index contributed by atoms with van der Waals surface area (Å²) >= 11 is 0. The standard InChI is InChI=1S/C6H13NO.2C2H6/c1-5(8)6(2,3)7-4;2*1-2/h7H,1-4H3;2*1-2H3. The van der Waals surface area contributed by atoms with E-state index < -0.39 is 0 Å². The number of carbonyl (C=O) groups is 1. The van der Waals surface area contributed by atoms with Crippen LogP contribution in [0.5, 0.6) is 0 Å². The topological polar surface area (TPSA) is 29.1 Å². The fourth-order valence-electron chi connectivity index (χ4n) is 0.176. The van der Waals surface area contributed by atoms with E-state index >= 15 is 0 Å². The summed E-state index contributed by atoms with van der Waals surface area (Å²) in [7, 11) is 1.78. The van der Waals surface area contributed by atoms with Gasteiger partial charge in [0.15, 0.2) is 0 Å². The molecule has 76 valence electrons. The molecule has 0 aliphatic heterocycles. The van der Waals surface area contributed by atoms with Gasteiger partial charge in [0, 0.05) is 0 Å². The van der Waals surface area contributed by atoms with Gasteiger partial charge in [0.05, 0.1) is 5.54 Å². The lowest BCUT2D eigenvalue weighted by molar-refractivity contribution is -0.121. The number of likely N-dealkylation sites (N-methyl/N-ethyl adjacent to an activating group) is 1. The quantitative estimate of drug-likeness (QED) is 0.699. The summed E-state index contributed by atoms with van der Waals surface area (Å²) in [5.41, 5.74) is -0.347. The van der Waals surface area contributed by atoms with Gasteiger partial charge in [0.2, 0.25) is 0 Å². The fourth-order valence-corrected chi connectivity index (χ4v) is 0.176. The molecule has 0 atom stereocenters. The third-order valence-corrected chi connectivity index (χ3v) is 1.51. The van der Waals surface area contributed by atoms with Crippen LogP contribution in [0.2, 0.25) is 0 Å². The van der Waals surface area contributed by atoms with Crippen molar-refractivity contribution >= 4 is 5.78 Å². The molecular weight excluding hydrogens is 150 g/mol. The monoisotopic (exact) mass is 175 g/mol. The molecule has 0 amide bonds. The van der Waals surface area contributed by atoms with Gasteiger partial charge in [-0.05, 0) is 27.8 Å². The molecule has 0 aromatic rings. The van der Waals surface area contributed by atoms with Crippen molar-refractivity contribution in [3.63, 3.8) is 0 Å². The van der Waals surface area contributed by atoms with Crippen LogP contribution >= 0.6 is 0 Å². The zero-order valence-corrected chi connectivity index (χ0v) is 9.91. The first-order valence-electron chi connectivity index (χ1n) is 4.70. The normalized spacial score (nSPS) is 8.67. The van der Waals surface area contributed by atoms with Crippen LogP contribution in [0.4, 0.5) is 0 Å². The van der Waals surface area contributed by atoms with Gasteiger partial charge in [0.1, 0.15) is 5.78 Å². The van der Waals surface area contributed by atoms with Gasteiger partial charge >= 0.3 is 0 Å². The second kappa shape index (κ2) is 10.6. The van der Waals surface area contributed by atoms with Crippen LogP contribution in [0.1, 0.15) is 48.5 Å². The average molecular weight is 175 g/mol. The maximum Gasteiger partial charge on any atom is 0.149 e. The molecule has 0 aliphatic rings. The molecule has 0 saturated carbocycles. The van der Waals surface area contributed by atoms with Gasteiger partial charge in [-0.2, -0.15) is 0 Å². The SMILES string of the molecule is CC.CC.CNC(C)(C)C(C)=O. The van der Waals surface area contributed by atoms with E-state index in [1.807, 2.05) is 41.5 Å². The number of rotatable bonds is 2. The predicted octanol–water partition coefficient (Wildman–Crippen LogP) is 2.63. The molecule has 0 bridgehead atoms. The molecule has 0 aliphatic carbocycles. The van der Waals surface area contributed by atoms with E-state index in [1.54, 1.807) is 14.0 Å². The van der Waals surface area contributed by atoms with Crippen LogP contribution in [-0.4, -0.2) is 18.4 Å². The summed E-state index contributed by atoms with van der Waals surface area (Å²) < 4.78 is 0. The first-order valence-corrected chi connectivity index (χ1v) is 4.70. The summed E-state index contributed by atoms with van der Waals surface area (Å²) in [6, 6.07) is 0. The average Bonchev–Trinajstić information content (AvgIpc) is 2.11. The largest absolute Gasteiger partial charge is 0.308 e. The highest BCUT2D eigenvalue weighted by Gasteiger charge is 2.19. The van der Waals surface area contributed by atoms with Crippen molar-refractivity contribution < 1.29 is 4.79 Å². The highest BCUT2D eigenvalue weighted by molar-refractivity contribution is 5.84. The van der Waals surface area contributed by atoms with Gasteiger partial charge in [-0.3, -0.25) is 4.79 Å². The Kier molecular flexibility index (Phi) is 15.6. The van der Waals surface area contributed by atoms with Crippen LogP contribution in [0, 0.1) is 0 Å². The Morgan fingerprint density at radius 2 is 1.33 bits per heavy atom.